The summed E-state index contributed by atoms with van der Waals surface area (Å²) in [5.41, 5.74) is -0.0505. The topological polar surface area (TPSA) is 82.5 Å². The van der Waals surface area contributed by atoms with Gasteiger partial charge in [-0.25, -0.2) is 4.98 Å². The highest BCUT2D eigenvalue weighted by Crippen LogP contribution is 2.41. The lowest BCUT2D eigenvalue weighted by Crippen LogP contribution is -2.40. The summed E-state index contributed by atoms with van der Waals surface area (Å²) < 4.78 is 0. The van der Waals surface area contributed by atoms with Crippen LogP contribution in [0.15, 0.2) is 18.2 Å². The smallest absolute Gasteiger partial charge is 0.314 e. The molecule has 1 amide bonds. The van der Waals surface area contributed by atoms with E-state index in [9.17, 15) is 14.7 Å². The lowest BCUT2D eigenvalue weighted by atomic mass is 9.81. The third-order valence-corrected chi connectivity index (χ3v) is 4.53. The summed E-state index contributed by atoms with van der Waals surface area (Å²) in [7, 11) is 0. The van der Waals surface area contributed by atoms with Gasteiger partial charge in [-0.1, -0.05) is 19.9 Å². The van der Waals surface area contributed by atoms with Crippen LogP contribution < -0.4 is 10.2 Å². The molecule has 112 valence electrons. The first-order valence-electron chi connectivity index (χ1n) is 7.17. The highest BCUT2D eigenvalue weighted by Gasteiger charge is 2.59. The molecule has 6 heteroatoms. The van der Waals surface area contributed by atoms with Crippen molar-refractivity contribution in [2.45, 2.75) is 19.8 Å². The first kappa shape index (κ1) is 13.9. The van der Waals surface area contributed by atoms with Gasteiger partial charge in [0.25, 0.3) is 0 Å². The van der Waals surface area contributed by atoms with Crippen LogP contribution in [0.25, 0.3) is 0 Å². The maximum Gasteiger partial charge on any atom is 0.314 e. The normalized spacial score (nSPS) is 27.9. The molecule has 0 unspecified atom stereocenters. The molecule has 1 aromatic rings. The zero-order valence-corrected chi connectivity index (χ0v) is 12.2. The van der Waals surface area contributed by atoms with Crippen LogP contribution in [0.3, 0.4) is 0 Å². The molecule has 2 aliphatic rings. The van der Waals surface area contributed by atoms with E-state index in [1.807, 2.05) is 23.1 Å². The van der Waals surface area contributed by atoms with Gasteiger partial charge >= 0.3 is 5.97 Å². The Bertz CT molecular complexity index is 602. The van der Waals surface area contributed by atoms with Crippen LogP contribution in [-0.4, -0.2) is 41.6 Å². The SMILES string of the molecule is CC(C)c1cccc(N2C[C@H]3C(=O)NC[C@@]3(C(=O)O)C2)n1. The van der Waals surface area contributed by atoms with Crippen molar-refractivity contribution in [2.24, 2.45) is 11.3 Å². The number of carboxylic acids is 1. The number of aliphatic carboxylic acids is 1. The number of carbonyl (C=O) groups excluding carboxylic acids is 1. The maximum absolute atomic E-state index is 11.9. The molecule has 2 aliphatic heterocycles. The van der Waals surface area contributed by atoms with Gasteiger partial charge in [0.15, 0.2) is 0 Å². The summed E-state index contributed by atoms with van der Waals surface area (Å²) >= 11 is 0. The monoisotopic (exact) mass is 289 g/mol. The van der Waals surface area contributed by atoms with Gasteiger partial charge in [-0.3, -0.25) is 9.59 Å². The van der Waals surface area contributed by atoms with E-state index < -0.39 is 17.3 Å². The van der Waals surface area contributed by atoms with Gasteiger partial charge in [0.05, 0.1) is 5.92 Å². The number of aromatic nitrogens is 1. The van der Waals surface area contributed by atoms with Gasteiger partial charge in [0, 0.05) is 25.3 Å². The second-order valence-corrected chi connectivity index (χ2v) is 6.19. The zero-order valence-electron chi connectivity index (χ0n) is 12.2. The molecular weight excluding hydrogens is 270 g/mol. The number of hydrogen-bond donors (Lipinski definition) is 2. The van der Waals surface area contributed by atoms with Crippen molar-refractivity contribution >= 4 is 17.7 Å². The minimum Gasteiger partial charge on any atom is -0.481 e. The van der Waals surface area contributed by atoms with E-state index in [1.54, 1.807) is 0 Å². The molecular formula is C15H19N3O3. The third kappa shape index (κ3) is 2.05. The number of fused-ring (bicyclic) bond motifs is 1. The number of anilines is 1. The lowest BCUT2D eigenvalue weighted by molar-refractivity contribution is -0.149. The van der Waals surface area contributed by atoms with Crippen molar-refractivity contribution in [2.75, 3.05) is 24.5 Å². The molecule has 0 saturated carbocycles. The third-order valence-electron chi connectivity index (χ3n) is 4.53. The van der Waals surface area contributed by atoms with Gasteiger partial charge < -0.3 is 15.3 Å². The molecule has 3 rings (SSSR count). The quantitative estimate of drug-likeness (QED) is 0.861. The first-order chi connectivity index (χ1) is 9.94. The highest BCUT2D eigenvalue weighted by molar-refractivity contribution is 5.93. The van der Waals surface area contributed by atoms with Crippen molar-refractivity contribution < 1.29 is 14.7 Å². The Morgan fingerprint density at radius 1 is 1.52 bits per heavy atom. The number of pyridine rings is 1. The summed E-state index contributed by atoms with van der Waals surface area (Å²) in [5, 5.41) is 12.2. The molecule has 0 bridgehead atoms. The lowest BCUT2D eigenvalue weighted by Gasteiger charge is -2.23. The van der Waals surface area contributed by atoms with Crippen LogP contribution in [-0.2, 0) is 9.59 Å². The molecule has 1 aromatic heterocycles. The summed E-state index contributed by atoms with van der Waals surface area (Å²) in [5.74, 6) is -0.513. The Kier molecular flexibility index (Phi) is 3.11. The Morgan fingerprint density at radius 3 is 2.90 bits per heavy atom. The molecule has 2 N–H and O–H groups in total. The summed E-state index contributed by atoms with van der Waals surface area (Å²) in [6.07, 6.45) is 0. The largest absolute Gasteiger partial charge is 0.481 e. The Hall–Kier alpha value is -2.11. The number of rotatable bonds is 3. The molecule has 0 radical (unpaired) electrons. The number of nitrogens with one attached hydrogen (secondary N) is 1. The number of carbonyl (C=O) groups is 2. The molecule has 0 aromatic carbocycles. The first-order valence-corrected chi connectivity index (χ1v) is 7.17. The number of nitrogens with zero attached hydrogens (tertiary/aromatic N) is 2. The van der Waals surface area contributed by atoms with Crippen molar-refractivity contribution in [3.63, 3.8) is 0 Å². The van der Waals surface area contributed by atoms with Crippen molar-refractivity contribution in [1.82, 2.24) is 10.3 Å². The van der Waals surface area contributed by atoms with E-state index in [0.29, 0.717) is 19.0 Å². The van der Waals surface area contributed by atoms with Crippen molar-refractivity contribution in [1.29, 1.82) is 0 Å². The summed E-state index contributed by atoms with van der Waals surface area (Å²) in [6, 6.07) is 5.77. The summed E-state index contributed by atoms with van der Waals surface area (Å²) in [6.45, 7) is 5.06. The highest BCUT2D eigenvalue weighted by atomic mass is 16.4. The predicted molar refractivity (Wildman–Crippen MR) is 77.1 cm³/mol. The Balaban J connectivity index is 1.91. The molecule has 2 saturated heterocycles. The van der Waals surface area contributed by atoms with Gasteiger partial charge in [-0.2, -0.15) is 0 Å². The Morgan fingerprint density at radius 2 is 2.29 bits per heavy atom. The predicted octanol–water partition coefficient (Wildman–Crippen LogP) is 0.842. The second kappa shape index (κ2) is 4.72. The van der Waals surface area contributed by atoms with E-state index in [-0.39, 0.29) is 12.5 Å². The van der Waals surface area contributed by atoms with Gasteiger partial charge in [-0.05, 0) is 18.1 Å². The molecule has 0 aliphatic carbocycles. The van der Waals surface area contributed by atoms with E-state index >= 15 is 0 Å². The molecule has 3 heterocycles. The van der Waals surface area contributed by atoms with Crippen LogP contribution in [0.5, 0.6) is 0 Å². The van der Waals surface area contributed by atoms with E-state index in [4.69, 9.17) is 0 Å². The average molecular weight is 289 g/mol. The fourth-order valence-electron chi connectivity index (χ4n) is 3.20. The minimum atomic E-state index is -1.02. The van der Waals surface area contributed by atoms with E-state index in [1.165, 1.54) is 0 Å². The molecule has 2 fully saturated rings. The molecule has 0 spiro atoms. The number of hydrogen-bond acceptors (Lipinski definition) is 4. The second-order valence-electron chi connectivity index (χ2n) is 6.19. The molecule has 2 atom stereocenters. The van der Waals surface area contributed by atoms with Gasteiger partial charge in [-0.15, -0.1) is 0 Å². The van der Waals surface area contributed by atoms with Crippen LogP contribution in [0.4, 0.5) is 5.82 Å². The van der Waals surface area contributed by atoms with Crippen LogP contribution in [0.1, 0.15) is 25.5 Å². The maximum atomic E-state index is 11.9. The molecule has 21 heavy (non-hydrogen) atoms. The fraction of sp³-hybridized carbons (Fsp3) is 0.533. The fourth-order valence-corrected chi connectivity index (χ4v) is 3.20. The standard InChI is InChI=1S/C15H19N3O3/c1-9(2)11-4-3-5-12(17-11)18-6-10-13(19)16-7-15(10,8-18)14(20)21/h3-5,9-10H,6-8H2,1-2H3,(H,16,19)(H,20,21)/t10-,15+/m0/s1. The van der Waals surface area contributed by atoms with E-state index in [2.05, 4.69) is 24.1 Å². The van der Waals surface area contributed by atoms with Gasteiger partial charge in [0.2, 0.25) is 5.91 Å². The average Bonchev–Trinajstić information content (AvgIpc) is 2.98. The van der Waals surface area contributed by atoms with E-state index in [0.717, 1.165) is 11.5 Å². The van der Waals surface area contributed by atoms with Gasteiger partial charge in [0.1, 0.15) is 11.2 Å². The number of amides is 1. The van der Waals surface area contributed by atoms with Crippen LogP contribution in [0.2, 0.25) is 0 Å². The Labute approximate surface area is 123 Å². The zero-order chi connectivity index (χ0) is 15.2. The van der Waals surface area contributed by atoms with Crippen LogP contribution in [0, 0.1) is 11.3 Å². The summed E-state index contributed by atoms with van der Waals surface area (Å²) in [4.78, 5) is 30.1. The minimum absolute atomic E-state index is 0.167. The van der Waals surface area contributed by atoms with Crippen molar-refractivity contribution in [3.05, 3.63) is 23.9 Å². The van der Waals surface area contributed by atoms with Crippen LogP contribution >= 0.6 is 0 Å². The number of carboxylic acid groups (broad SMARTS) is 1. The van der Waals surface area contributed by atoms with Crippen molar-refractivity contribution in [3.8, 4) is 0 Å². The molecule has 6 nitrogen and oxygen atoms in total.